The molecule has 2 aromatic heterocycles. The quantitative estimate of drug-likeness (QED) is 0.296. The van der Waals surface area contributed by atoms with Gasteiger partial charge in [0, 0.05) is 34.7 Å². The minimum Gasteiger partial charge on any atom is -0.347 e. The molecule has 162 valence electrons. The molecule has 2 aromatic carbocycles. The summed E-state index contributed by atoms with van der Waals surface area (Å²) in [6.45, 7) is 2.26. The normalized spacial score (nSPS) is 10.8. The zero-order chi connectivity index (χ0) is 22.5. The Morgan fingerprint density at radius 2 is 1.84 bits per heavy atom. The molecule has 0 saturated carbocycles. The van der Waals surface area contributed by atoms with Crippen molar-refractivity contribution in [3.8, 4) is 5.69 Å². The summed E-state index contributed by atoms with van der Waals surface area (Å²) in [5, 5.41) is 13.1. The van der Waals surface area contributed by atoms with Gasteiger partial charge in [0.05, 0.1) is 11.4 Å². The van der Waals surface area contributed by atoms with Gasteiger partial charge in [-0.2, -0.15) is 0 Å². The summed E-state index contributed by atoms with van der Waals surface area (Å²) >= 11 is 13.6. The number of nitrogens with zero attached hydrogens (tertiary/aromatic N) is 5. The van der Waals surface area contributed by atoms with E-state index in [1.54, 1.807) is 41.3 Å². The van der Waals surface area contributed by atoms with Gasteiger partial charge < -0.3 is 5.32 Å². The van der Waals surface area contributed by atoms with Crippen LogP contribution in [0.5, 0.6) is 0 Å². The summed E-state index contributed by atoms with van der Waals surface area (Å²) in [5.74, 6) is 0.0700. The maximum absolute atomic E-state index is 13.0. The Kier molecular flexibility index (Phi) is 7.04. The Balaban J connectivity index is 1.61. The zero-order valence-electron chi connectivity index (χ0n) is 17.0. The molecule has 1 amide bonds. The highest BCUT2D eigenvalue weighted by Crippen LogP contribution is 2.25. The van der Waals surface area contributed by atoms with E-state index in [-0.39, 0.29) is 11.6 Å². The molecule has 4 aromatic rings. The van der Waals surface area contributed by atoms with E-state index < -0.39 is 0 Å². The minimum absolute atomic E-state index is 0.235. The maximum Gasteiger partial charge on any atom is 0.274 e. The maximum atomic E-state index is 13.0. The number of rotatable bonds is 7. The van der Waals surface area contributed by atoms with Crippen LogP contribution in [0.3, 0.4) is 0 Å². The molecule has 2 heterocycles. The van der Waals surface area contributed by atoms with Crippen LogP contribution in [0, 0.1) is 6.92 Å². The molecule has 0 aliphatic rings. The van der Waals surface area contributed by atoms with Gasteiger partial charge in [-0.1, -0.05) is 58.4 Å². The van der Waals surface area contributed by atoms with E-state index in [0.717, 1.165) is 16.8 Å². The lowest BCUT2D eigenvalue weighted by atomic mass is 10.2. The molecule has 7 nitrogen and oxygen atoms in total. The van der Waals surface area contributed by atoms with Crippen LogP contribution in [0.15, 0.2) is 66.1 Å². The summed E-state index contributed by atoms with van der Waals surface area (Å²) < 4.78 is 1.62. The van der Waals surface area contributed by atoms with Crippen LogP contribution in [-0.4, -0.2) is 30.9 Å². The first kappa shape index (κ1) is 22.3. The lowest BCUT2D eigenvalue weighted by molar-refractivity contribution is 0.0945. The molecule has 0 radical (unpaired) electrons. The van der Waals surface area contributed by atoms with Crippen molar-refractivity contribution in [2.75, 3.05) is 0 Å². The van der Waals surface area contributed by atoms with Crippen LogP contribution in [-0.2, 0) is 12.3 Å². The fraction of sp³-hybridized carbons (Fsp3) is 0.136. The van der Waals surface area contributed by atoms with E-state index in [4.69, 9.17) is 23.2 Å². The third kappa shape index (κ3) is 5.27. The Morgan fingerprint density at radius 1 is 1.09 bits per heavy atom. The van der Waals surface area contributed by atoms with Crippen molar-refractivity contribution in [2.45, 2.75) is 24.4 Å². The van der Waals surface area contributed by atoms with Gasteiger partial charge in [-0.05, 0) is 48.4 Å². The summed E-state index contributed by atoms with van der Waals surface area (Å²) in [4.78, 5) is 21.4. The van der Waals surface area contributed by atoms with Crippen molar-refractivity contribution in [1.82, 2.24) is 30.3 Å². The van der Waals surface area contributed by atoms with E-state index in [0.29, 0.717) is 33.2 Å². The standard InChI is InChI=1S/C22H18Cl2N6OS/c1-14-3-8-17(11-18(14)24)30-19(13-32-22-25-9-2-10-26-22)20(28-29-30)21(31)27-12-15-4-6-16(23)7-5-15/h2-11H,12-13H2,1H3,(H,27,31). The number of halogens is 2. The number of carbonyl (C=O) groups is 1. The van der Waals surface area contributed by atoms with Crippen LogP contribution in [0.25, 0.3) is 5.69 Å². The van der Waals surface area contributed by atoms with Crippen LogP contribution in [0.4, 0.5) is 0 Å². The predicted octanol–water partition coefficient (Wildman–Crippen LogP) is 4.89. The third-order valence-electron chi connectivity index (χ3n) is 4.62. The molecular weight excluding hydrogens is 467 g/mol. The SMILES string of the molecule is Cc1ccc(-n2nnc(C(=O)NCc3ccc(Cl)cc3)c2CSc2ncccn2)cc1Cl. The summed E-state index contributed by atoms with van der Waals surface area (Å²) in [7, 11) is 0. The second-order valence-corrected chi connectivity index (χ2v) is 8.65. The highest BCUT2D eigenvalue weighted by Gasteiger charge is 2.21. The monoisotopic (exact) mass is 484 g/mol. The number of aromatic nitrogens is 5. The number of thioether (sulfide) groups is 1. The van der Waals surface area contributed by atoms with E-state index in [1.807, 2.05) is 31.2 Å². The molecule has 32 heavy (non-hydrogen) atoms. The van der Waals surface area contributed by atoms with Crippen molar-refractivity contribution < 1.29 is 4.79 Å². The van der Waals surface area contributed by atoms with Crippen LogP contribution >= 0.6 is 35.0 Å². The molecule has 0 aliphatic heterocycles. The van der Waals surface area contributed by atoms with Crippen molar-refractivity contribution in [3.05, 3.63) is 93.5 Å². The highest BCUT2D eigenvalue weighted by atomic mass is 35.5. The Bertz CT molecular complexity index is 1230. The fourth-order valence-corrected chi connectivity index (χ4v) is 3.99. The largest absolute Gasteiger partial charge is 0.347 e. The second-order valence-electron chi connectivity index (χ2n) is 6.86. The molecule has 0 fully saturated rings. The lowest BCUT2D eigenvalue weighted by Crippen LogP contribution is -2.24. The molecule has 0 aliphatic carbocycles. The smallest absolute Gasteiger partial charge is 0.274 e. The first-order valence-corrected chi connectivity index (χ1v) is 11.4. The Morgan fingerprint density at radius 3 is 2.56 bits per heavy atom. The molecule has 0 bridgehead atoms. The van der Waals surface area contributed by atoms with Crippen LogP contribution in [0.1, 0.15) is 27.3 Å². The average Bonchev–Trinajstić information content (AvgIpc) is 3.23. The first-order chi connectivity index (χ1) is 15.5. The number of nitrogens with one attached hydrogen (secondary N) is 1. The van der Waals surface area contributed by atoms with Gasteiger partial charge in [0.2, 0.25) is 0 Å². The number of hydrogen-bond acceptors (Lipinski definition) is 6. The van der Waals surface area contributed by atoms with E-state index >= 15 is 0 Å². The van der Waals surface area contributed by atoms with Gasteiger partial charge in [-0.25, -0.2) is 14.6 Å². The van der Waals surface area contributed by atoms with Gasteiger partial charge >= 0.3 is 0 Å². The average molecular weight is 485 g/mol. The molecule has 10 heteroatoms. The summed E-state index contributed by atoms with van der Waals surface area (Å²) in [6.07, 6.45) is 3.34. The van der Waals surface area contributed by atoms with Crippen molar-refractivity contribution in [1.29, 1.82) is 0 Å². The minimum atomic E-state index is -0.325. The number of hydrogen-bond donors (Lipinski definition) is 1. The Hall–Kier alpha value is -2.94. The van der Waals surface area contributed by atoms with Gasteiger partial charge in [0.25, 0.3) is 5.91 Å². The van der Waals surface area contributed by atoms with Crippen LogP contribution < -0.4 is 5.32 Å². The molecule has 0 unspecified atom stereocenters. The number of aryl methyl sites for hydroxylation is 1. The van der Waals surface area contributed by atoms with Crippen molar-refractivity contribution >= 4 is 40.9 Å². The molecule has 1 N–H and O–H groups in total. The highest BCUT2D eigenvalue weighted by molar-refractivity contribution is 7.98. The van der Waals surface area contributed by atoms with E-state index in [9.17, 15) is 4.79 Å². The Labute approximate surface area is 199 Å². The topological polar surface area (TPSA) is 85.6 Å². The molecular formula is C22H18Cl2N6OS. The van der Waals surface area contributed by atoms with Gasteiger partial charge in [-0.3, -0.25) is 4.79 Å². The fourth-order valence-electron chi connectivity index (χ4n) is 2.89. The number of carbonyl (C=O) groups excluding carboxylic acids is 1. The van der Waals surface area contributed by atoms with Crippen molar-refractivity contribution in [2.24, 2.45) is 0 Å². The lowest BCUT2D eigenvalue weighted by Gasteiger charge is -2.09. The number of benzene rings is 2. The van der Waals surface area contributed by atoms with Crippen LogP contribution in [0.2, 0.25) is 10.0 Å². The molecule has 0 spiro atoms. The van der Waals surface area contributed by atoms with E-state index in [1.165, 1.54) is 11.8 Å². The summed E-state index contributed by atoms with van der Waals surface area (Å²) in [6, 6.07) is 14.6. The van der Waals surface area contributed by atoms with Gasteiger partial charge in [0.1, 0.15) is 0 Å². The zero-order valence-corrected chi connectivity index (χ0v) is 19.3. The first-order valence-electron chi connectivity index (χ1n) is 9.65. The predicted molar refractivity (Wildman–Crippen MR) is 125 cm³/mol. The molecule has 4 rings (SSSR count). The van der Waals surface area contributed by atoms with Crippen molar-refractivity contribution in [3.63, 3.8) is 0 Å². The van der Waals surface area contributed by atoms with E-state index in [2.05, 4.69) is 25.6 Å². The second kappa shape index (κ2) is 10.1. The van der Waals surface area contributed by atoms with Gasteiger partial charge in [-0.15, -0.1) is 5.10 Å². The summed E-state index contributed by atoms with van der Waals surface area (Å²) in [5.41, 5.74) is 3.45. The third-order valence-corrected chi connectivity index (χ3v) is 6.17. The number of amides is 1. The van der Waals surface area contributed by atoms with Gasteiger partial charge in [0.15, 0.2) is 10.9 Å². The molecule has 0 saturated heterocycles. The molecule has 0 atom stereocenters.